The van der Waals surface area contributed by atoms with Crippen molar-refractivity contribution in [1.29, 1.82) is 5.26 Å². The van der Waals surface area contributed by atoms with Gasteiger partial charge in [0.1, 0.15) is 11.1 Å². The quantitative estimate of drug-likeness (QED) is 0.868. The molecule has 0 saturated carbocycles. The molecule has 6 nitrogen and oxygen atoms in total. The summed E-state index contributed by atoms with van der Waals surface area (Å²) in [6, 6.07) is 8.31. The molecule has 1 aliphatic heterocycles. The average Bonchev–Trinajstić information content (AvgIpc) is 3.09. The molecule has 136 valence electrons. The van der Waals surface area contributed by atoms with Gasteiger partial charge in [0.2, 0.25) is 10.0 Å². The first-order valence-corrected chi connectivity index (χ1v) is 10.6. The van der Waals surface area contributed by atoms with Crippen LogP contribution in [0.25, 0.3) is 0 Å². The van der Waals surface area contributed by atoms with Crippen LogP contribution in [0, 0.1) is 18.3 Å². The smallest absolute Gasteiger partial charge is 0.256 e. The molecular weight excluding hydrogens is 370 g/mol. The summed E-state index contributed by atoms with van der Waals surface area (Å²) in [7, 11) is -3.62. The average molecular weight is 390 g/mol. The summed E-state index contributed by atoms with van der Waals surface area (Å²) in [5.74, 6) is -0.431. The highest BCUT2D eigenvalue weighted by Crippen LogP contribution is 2.26. The summed E-state index contributed by atoms with van der Waals surface area (Å²) in [5, 5.41) is 13.9. The van der Waals surface area contributed by atoms with Crippen LogP contribution in [0.1, 0.15) is 40.7 Å². The molecule has 0 spiro atoms. The van der Waals surface area contributed by atoms with Crippen LogP contribution in [0.3, 0.4) is 0 Å². The number of carbonyl (C=O) groups is 1. The zero-order chi connectivity index (χ0) is 18.7. The van der Waals surface area contributed by atoms with E-state index in [0.717, 1.165) is 19.3 Å². The van der Waals surface area contributed by atoms with E-state index in [4.69, 9.17) is 5.26 Å². The molecule has 2 heterocycles. The molecule has 0 radical (unpaired) electrons. The third-order valence-electron chi connectivity index (χ3n) is 4.40. The van der Waals surface area contributed by atoms with Crippen molar-refractivity contribution < 1.29 is 13.2 Å². The Labute approximate surface area is 157 Å². The Kier molecular flexibility index (Phi) is 5.41. The maximum atomic E-state index is 13.0. The SMILES string of the molecule is Cc1ccc(C(=O)Nc2sccc2C#N)cc1S(=O)(=O)N1CCCCC1. The van der Waals surface area contributed by atoms with Crippen LogP contribution < -0.4 is 5.32 Å². The van der Waals surface area contributed by atoms with E-state index in [1.54, 1.807) is 30.5 Å². The van der Waals surface area contributed by atoms with E-state index in [0.29, 0.717) is 29.2 Å². The lowest BCUT2D eigenvalue weighted by Gasteiger charge is -2.26. The number of hydrogen-bond donors (Lipinski definition) is 1. The lowest BCUT2D eigenvalue weighted by molar-refractivity contribution is 0.102. The molecule has 0 bridgehead atoms. The van der Waals surface area contributed by atoms with E-state index in [-0.39, 0.29) is 10.5 Å². The van der Waals surface area contributed by atoms with Crippen LogP contribution in [-0.4, -0.2) is 31.7 Å². The molecule has 1 amide bonds. The predicted molar refractivity (Wildman–Crippen MR) is 101 cm³/mol. The third-order valence-corrected chi connectivity index (χ3v) is 7.27. The minimum Gasteiger partial charge on any atom is -0.312 e. The molecule has 0 aliphatic carbocycles. The fraction of sp³-hybridized carbons (Fsp3) is 0.333. The van der Waals surface area contributed by atoms with E-state index in [2.05, 4.69) is 5.32 Å². The maximum absolute atomic E-state index is 13.0. The second-order valence-electron chi connectivity index (χ2n) is 6.17. The van der Waals surface area contributed by atoms with Crippen molar-refractivity contribution in [3.8, 4) is 6.07 Å². The zero-order valence-electron chi connectivity index (χ0n) is 14.4. The standard InChI is InChI=1S/C18H19N3O3S2/c1-13-5-6-14(17(22)20-18-15(12-19)7-10-25-18)11-16(13)26(23,24)21-8-3-2-4-9-21/h5-7,10-11H,2-4,8-9H2,1H3,(H,20,22). The number of piperidine rings is 1. The van der Waals surface area contributed by atoms with Crippen molar-refractivity contribution in [2.45, 2.75) is 31.1 Å². The Bertz CT molecular complexity index is 968. The van der Waals surface area contributed by atoms with Gasteiger partial charge in [-0.1, -0.05) is 12.5 Å². The summed E-state index contributed by atoms with van der Waals surface area (Å²) in [6.07, 6.45) is 2.75. The lowest BCUT2D eigenvalue weighted by Crippen LogP contribution is -2.36. The summed E-state index contributed by atoms with van der Waals surface area (Å²) in [4.78, 5) is 12.7. The van der Waals surface area contributed by atoms with Gasteiger partial charge in [0, 0.05) is 18.7 Å². The van der Waals surface area contributed by atoms with Gasteiger partial charge in [-0.3, -0.25) is 4.79 Å². The van der Waals surface area contributed by atoms with Crippen LogP contribution in [0.4, 0.5) is 5.00 Å². The number of anilines is 1. The molecular formula is C18H19N3O3S2. The first-order valence-electron chi connectivity index (χ1n) is 8.33. The highest BCUT2D eigenvalue weighted by atomic mass is 32.2. The minimum atomic E-state index is -3.62. The molecule has 1 saturated heterocycles. The summed E-state index contributed by atoms with van der Waals surface area (Å²) in [6.45, 7) is 2.75. The number of nitrogens with one attached hydrogen (secondary N) is 1. The highest BCUT2D eigenvalue weighted by Gasteiger charge is 2.28. The van der Waals surface area contributed by atoms with Crippen molar-refractivity contribution in [3.63, 3.8) is 0 Å². The number of carbonyl (C=O) groups excluding carboxylic acids is 1. The molecule has 1 aliphatic rings. The van der Waals surface area contributed by atoms with E-state index < -0.39 is 15.9 Å². The molecule has 1 aromatic heterocycles. The Hall–Kier alpha value is -2.21. The first-order chi connectivity index (χ1) is 12.4. The zero-order valence-corrected chi connectivity index (χ0v) is 16.0. The van der Waals surface area contributed by atoms with Crippen molar-refractivity contribution in [2.24, 2.45) is 0 Å². The third kappa shape index (κ3) is 3.65. The van der Waals surface area contributed by atoms with E-state index in [1.807, 2.05) is 6.07 Å². The number of nitrogens with zero attached hydrogens (tertiary/aromatic N) is 2. The second kappa shape index (κ2) is 7.58. The van der Waals surface area contributed by atoms with Gasteiger partial charge < -0.3 is 5.32 Å². The van der Waals surface area contributed by atoms with Gasteiger partial charge in [-0.2, -0.15) is 9.57 Å². The number of nitriles is 1. The molecule has 0 unspecified atom stereocenters. The Morgan fingerprint density at radius 3 is 2.65 bits per heavy atom. The normalized spacial score (nSPS) is 15.4. The number of hydrogen-bond acceptors (Lipinski definition) is 5. The highest BCUT2D eigenvalue weighted by molar-refractivity contribution is 7.89. The van der Waals surface area contributed by atoms with Gasteiger partial charge in [0.25, 0.3) is 5.91 Å². The number of benzene rings is 1. The molecule has 1 aromatic carbocycles. The summed E-state index contributed by atoms with van der Waals surface area (Å²) < 4.78 is 27.4. The number of rotatable bonds is 4. The monoisotopic (exact) mass is 389 g/mol. The van der Waals surface area contributed by atoms with Crippen LogP contribution >= 0.6 is 11.3 Å². The summed E-state index contributed by atoms with van der Waals surface area (Å²) >= 11 is 1.25. The van der Waals surface area contributed by atoms with Crippen molar-refractivity contribution in [1.82, 2.24) is 4.31 Å². The van der Waals surface area contributed by atoms with Gasteiger partial charge >= 0.3 is 0 Å². The van der Waals surface area contributed by atoms with E-state index >= 15 is 0 Å². The Balaban J connectivity index is 1.90. The van der Waals surface area contributed by atoms with Gasteiger partial charge in [-0.15, -0.1) is 11.3 Å². The summed E-state index contributed by atoms with van der Waals surface area (Å²) in [5.41, 5.74) is 1.25. The fourth-order valence-electron chi connectivity index (χ4n) is 2.93. The van der Waals surface area contributed by atoms with E-state index in [9.17, 15) is 13.2 Å². The van der Waals surface area contributed by atoms with Crippen LogP contribution in [0.2, 0.25) is 0 Å². The molecule has 0 atom stereocenters. The minimum absolute atomic E-state index is 0.165. The van der Waals surface area contributed by atoms with Gasteiger partial charge in [-0.25, -0.2) is 8.42 Å². The molecule has 2 aromatic rings. The van der Waals surface area contributed by atoms with Crippen LogP contribution in [0.15, 0.2) is 34.5 Å². The van der Waals surface area contributed by atoms with Crippen molar-refractivity contribution in [3.05, 3.63) is 46.3 Å². The molecule has 26 heavy (non-hydrogen) atoms. The van der Waals surface area contributed by atoms with E-state index in [1.165, 1.54) is 21.7 Å². The molecule has 1 fully saturated rings. The largest absolute Gasteiger partial charge is 0.312 e. The first kappa shape index (κ1) is 18.6. The van der Waals surface area contributed by atoms with Crippen molar-refractivity contribution in [2.75, 3.05) is 18.4 Å². The van der Waals surface area contributed by atoms with Crippen molar-refractivity contribution >= 4 is 32.3 Å². The lowest BCUT2D eigenvalue weighted by atomic mass is 10.1. The van der Waals surface area contributed by atoms with Gasteiger partial charge in [0.15, 0.2) is 0 Å². The topological polar surface area (TPSA) is 90.3 Å². The Morgan fingerprint density at radius 1 is 1.23 bits per heavy atom. The number of thiophene rings is 1. The van der Waals surface area contributed by atoms with Crippen LogP contribution in [-0.2, 0) is 10.0 Å². The maximum Gasteiger partial charge on any atom is 0.256 e. The number of sulfonamides is 1. The number of aryl methyl sites for hydroxylation is 1. The Morgan fingerprint density at radius 2 is 1.96 bits per heavy atom. The second-order valence-corrected chi connectivity index (χ2v) is 9.00. The fourth-order valence-corrected chi connectivity index (χ4v) is 5.43. The van der Waals surface area contributed by atoms with Gasteiger partial charge in [-0.05, 0) is 48.9 Å². The van der Waals surface area contributed by atoms with Gasteiger partial charge in [0.05, 0.1) is 10.5 Å². The molecule has 1 N–H and O–H groups in total. The number of amides is 1. The van der Waals surface area contributed by atoms with Crippen LogP contribution in [0.5, 0.6) is 0 Å². The molecule has 8 heteroatoms. The molecule has 3 rings (SSSR count). The predicted octanol–water partition coefficient (Wildman–Crippen LogP) is 3.36.